The van der Waals surface area contributed by atoms with Gasteiger partial charge in [-0.1, -0.05) is 36.4 Å². The van der Waals surface area contributed by atoms with Crippen LogP contribution in [0.25, 0.3) is 5.57 Å². The molecule has 0 radical (unpaired) electrons. The molecule has 0 aromatic heterocycles. The Morgan fingerprint density at radius 3 is 2.28 bits per heavy atom. The largest absolute Gasteiger partial charge is 0.350 e. The van der Waals surface area contributed by atoms with Crippen LogP contribution in [0.3, 0.4) is 0 Å². The number of nitro groups is 1. The minimum Gasteiger partial charge on any atom is -0.350 e. The average Bonchev–Trinajstić information content (AvgIpc) is 3.02. The van der Waals surface area contributed by atoms with Crippen molar-refractivity contribution < 1.29 is 18.9 Å². The van der Waals surface area contributed by atoms with E-state index in [1.54, 1.807) is 6.07 Å². The SMILES string of the molecule is O=C1C(Nc2cccc(F)c2)=C(c2ccc([N+](=O)[O-])cc2)C(=O)N1CCc1ccccc1. The molecule has 3 aromatic carbocycles. The van der Waals surface area contributed by atoms with Gasteiger partial charge in [-0.25, -0.2) is 4.39 Å². The number of hydrogen-bond donors (Lipinski definition) is 1. The monoisotopic (exact) mass is 431 g/mol. The van der Waals surface area contributed by atoms with Crippen LogP contribution in [0.4, 0.5) is 15.8 Å². The lowest BCUT2D eigenvalue weighted by Gasteiger charge is -2.15. The van der Waals surface area contributed by atoms with Crippen LogP contribution in [0.2, 0.25) is 0 Å². The Hall–Kier alpha value is -4.33. The van der Waals surface area contributed by atoms with E-state index in [-0.39, 0.29) is 23.5 Å². The number of anilines is 1. The first-order valence-electron chi connectivity index (χ1n) is 9.86. The molecule has 0 saturated heterocycles. The van der Waals surface area contributed by atoms with Gasteiger partial charge < -0.3 is 5.32 Å². The van der Waals surface area contributed by atoms with Gasteiger partial charge in [-0.15, -0.1) is 0 Å². The summed E-state index contributed by atoms with van der Waals surface area (Å²) in [5.41, 5.74) is 1.59. The molecule has 0 fully saturated rings. The number of non-ortho nitro benzene ring substituents is 1. The Morgan fingerprint density at radius 2 is 1.62 bits per heavy atom. The normalized spacial score (nSPS) is 13.6. The van der Waals surface area contributed by atoms with Crippen molar-refractivity contribution in [3.8, 4) is 0 Å². The number of benzene rings is 3. The smallest absolute Gasteiger partial charge is 0.278 e. The lowest BCUT2D eigenvalue weighted by Crippen LogP contribution is -2.34. The molecule has 160 valence electrons. The fourth-order valence-corrected chi connectivity index (χ4v) is 3.51. The molecule has 2 amide bonds. The number of rotatable bonds is 7. The van der Waals surface area contributed by atoms with E-state index in [1.807, 2.05) is 30.3 Å². The number of hydrogen-bond acceptors (Lipinski definition) is 5. The average molecular weight is 431 g/mol. The summed E-state index contributed by atoms with van der Waals surface area (Å²) in [5, 5.41) is 13.8. The molecule has 7 nitrogen and oxygen atoms in total. The third-order valence-corrected chi connectivity index (χ3v) is 5.10. The van der Waals surface area contributed by atoms with Crippen molar-refractivity contribution in [2.75, 3.05) is 11.9 Å². The maximum absolute atomic E-state index is 13.7. The van der Waals surface area contributed by atoms with E-state index in [4.69, 9.17) is 0 Å². The molecule has 8 heteroatoms. The summed E-state index contributed by atoms with van der Waals surface area (Å²) >= 11 is 0. The molecular weight excluding hydrogens is 413 g/mol. The van der Waals surface area contributed by atoms with Crippen LogP contribution < -0.4 is 5.32 Å². The van der Waals surface area contributed by atoms with Gasteiger partial charge in [0.25, 0.3) is 17.5 Å². The zero-order valence-electron chi connectivity index (χ0n) is 16.8. The number of nitrogens with zero attached hydrogens (tertiary/aromatic N) is 2. The van der Waals surface area contributed by atoms with Crippen LogP contribution >= 0.6 is 0 Å². The topological polar surface area (TPSA) is 92.5 Å². The van der Waals surface area contributed by atoms with Crippen molar-refractivity contribution in [1.82, 2.24) is 4.90 Å². The molecule has 1 heterocycles. The number of carbonyl (C=O) groups excluding carboxylic acids is 2. The Bertz CT molecular complexity index is 1220. The summed E-state index contributed by atoms with van der Waals surface area (Å²) in [7, 11) is 0. The molecule has 32 heavy (non-hydrogen) atoms. The van der Waals surface area contributed by atoms with Crippen LogP contribution in [0.15, 0.2) is 84.6 Å². The molecule has 0 saturated carbocycles. The summed E-state index contributed by atoms with van der Waals surface area (Å²) in [5.74, 6) is -1.55. The maximum Gasteiger partial charge on any atom is 0.278 e. The lowest BCUT2D eigenvalue weighted by molar-refractivity contribution is -0.384. The van der Waals surface area contributed by atoms with Gasteiger partial charge in [0.1, 0.15) is 11.5 Å². The molecule has 4 rings (SSSR count). The summed E-state index contributed by atoms with van der Waals surface area (Å²) in [6, 6.07) is 20.4. The van der Waals surface area contributed by atoms with Crippen LogP contribution in [0.1, 0.15) is 11.1 Å². The molecular formula is C24H18FN3O4. The van der Waals surface area contributed by atoms with Gasteiger partial charge in [-0.2, -0.15) is 0 Å². The number of nitrogens with one attached hydrogen (secondary N) is 1. The predicted octanol–water partition coefficient (Wildman–Crippen LogP) is 4.17. The predicted molar refractivity (Wildman–Crippen MR) is 117 cm³/mol. The first-order chi connectivity index (χ1) is 15.4. The minimum absolute atomic E-state index is 0.00233. The van der Waals surface area contributed by atoms with Gasteiger partial charge in [0.05, 0.1) is 10.5 Å². The van der Waals surface area contributed by atoms with Gasteiger partial charge >= 0.3 is 0 Å². The van der Waals surface area contributed by atoms with Crippen molar-refractivity contribution >= 4 is 28.8 Å². The Balaban J connectivity index is 1.69. The molecule has 0 unspecified atom stereocenters. The zero-order valence-corrected chi connectivity index (χ0v) is 16.8. The lowest BCUT2D eigenvalue weighted by atomic mass is 10.0. The second-order valence-electron chi connectivity index (χ2n) is 7.19. The molecule has 3 aromatic rings. The third-order valence-electron chi connectivity index (χ3n) is 5.10. The highest BCUT2D eigenvalue weighted by Gasteiger charge is 2.39. The first-order valence-corrected chi connectivity index (χ1v) is 9.86. The van der Waals surface area contributed by atoms with E-state index in [2.05, 4.69) is 5.32 Å². The van der Waals surface area contributed by atoms with Crippen molar-refractivity contribution in [1.29, 1.82) is 0 Å². The van der Waals surface area contributed by atoms with Crippen molar-refractivity contribution in [3.63, 3.8) is 0 Å². The standard InChI is InChI=1S/C24H18FN3O4/c25-18-7-4-8-19(15-18)26-22-21(17-9-11-20(12-10-17)28(31)32)23(29)27(24(22)30)14-13-16-5-2-1-3-6-16/h1-12,15,26H,13-14H2. The van der Waals surface area contributed by atoms with Crippen LogP contribution in [-0.2, 0) is 16.0 Å². The van der Waals surface area contributed by atoms with E-state index in [0.717, 1.165) is 10.5 Å². The van der Waals surface area contributed by atoms with E-state index < -0.39 is 22.6 Å². The Labute approximate surface area is 182 Å². The zero-order chi connectivity index (χ0) is 22.7. The third kappa shape index (κ3) is 4.24. The fraction of sp³-hybridized carbons (Fsp3) is 0.0833. The summed E-state index contributed by atoms with van der Waals surface area (Å²) in [6.07, 6.45) is 0.471. The Kier molecular flexibility index (Phi) is 5.76. The number of carbonyl (C=O) groups is 2. The number of amides is 2. The van der Waals surface area contributed by atoms with Crippen molar-refractivity contribution in [3.05, 3.63) is 112 Å². The molecule has 0 atom stereocenters. The quantitative estimate of drug-likeness (QED) is 0.344. The number of halogens is 1. The van der Waals surface area contributed by atoms with E-state index in [1.165, 1.54) is 42.5 Å². The highest BCUT2D eigenvalue weighted by Crippen LogP contribution is 2.31. The van der Waals surface area contributed by atoms with Gasteiger partial charge in [-0.3, -0.25) is 24.6 Å². The van der Waals surface area contributed by atoms with Crippen molar-refractivity contribution in [2.24, 2.45) is 0 Å². The van der Waals surface area contributed by atoms with Crippen LogP contribution in [-0.4, -0.2) is 28.2 Å². The van der Waals surface area contributed by atoms with Gasteiger partial charge in [-0.05, 0) is 47.9 Å². The molecule has 0 spiro atoms. The summed E-state index contributed by atoms with van der Waals surface area (Å²) < 4.78 is 13.7. The van der Waals surface area contributed by atoms with E-state index in [9.17, 15) is 24.1 Å². The maximum atomic E-state index is 13.7. The highest BCUT2D eigenvalue weighted by molar-refractivity contribution is 6.36. The first kappa shape index (κ1) is 20.9. The molecule has 0 bridgehead atoms. The summed E-state index contributed by atoms with van der Waals surface area (Å²) in [4.78, 5) is 38.0. The highest BCUT2D eigenvalue weighted by atomic mass is 19.1. The van der Waals surface area contributed by atoms with Gasteiger partial charge in [0.2, 0.25) is 0 Å². The minimum atomic E-state index is -0.544. The molecule has 1 N–H and O–H groups in total. The van der Waals surface area contributed by atoms with Gasteiger partial charge in [0.15, 0.2) is 0 Å². The second-order valence-corrected chi connectivity index (χ2v) is 7.19. The van der Waals surface area contributed by atoms with Crippen LogP contribution in [0, 0.1) is 15.9 Å². The molecule has 0 aliphatic carbocycles. The second kappa shape index (κ2) is 8.81. The van der Waals surface area contributed by atoms with Crippen LogP contribution in [0.5, 0.6) is 0 Å². The van der Waals surface area contributed by atoms with E-state index >= 15 is 0 Å². The van der Waals surface area contributed by atoms with E-state index in [0.29, 0.717) is 17.7 Å². The Morgan fingerprint density at radius 1 is 0.906 bits per heavy atom. The number of nitro benzene ring substituents is 1. The fourth-order valence-electron chi connectivity index (χ4n) is 3.51. The number of imide groups is 1. The summed E-state index contributed by atoms with van der Waals surface area (Å²) in [6.45, 7) is 0.159. The van der Waals surface area contributed by atoms with Gasteiger partial charge in [0, 0.05) is 24.4 Å². The molecule has 1 aliphatic heterocycles. The molecule has 1 aliphatic rings. The van der Waals surface area contributed by atoms with Crippen molar-refractivity contribution in [2.45, 2.75) is 6.42 Å².